The van der Waals surface area contributed by atoms with Crippen LogP contribution < -0.4 is 5.32 Å². The Morgan fingerprint density at radius 3 is 2.14 bits per heavy atom. The Morgan fingerprint density at radius 1 is 1.09 bits per heavy atom. The van der Waals surface area contributed by atoms with Gasteiger partial charge in [-0.1, -0.05) is 26.0 Å². The Balaban J connectivity index is 2.24. The smallest absolute Gasteiger partial charge is 0.257 e. The van der Waals surface area contributed by atoms with Gasteiger partial charge in [-0.25, -0.2) is 0 Å². The third-order valence-corrected chi connectivity index (χ3v) is 3.85. The molecule has 2 rings (SSSR count). The van der Waals surface area contributed by atoms with E-state index in [1.54, 1.807) is 13.8 Å². The summed E-state index contributed by atoms with van der Waals surface area (Å²) in [7, 11) is 0. The molecule has 0 atom stereocenters. The number of anilines is 1. The highest BCUT2D eigenvalue weighted by atomic mass is 16.1. The molecule has 4 heteroatoms. The molecule has 1 heterocycles. The molecule has 0 saturated carbocycles. The van der Waals surface area contributed by atoms with Crippen molar-refractivity contribution in [1.29, 1.82) is 0 Å². The van der Waals surface area contributed by atoms with E-state index in [9.17, 15) is 9.59 Å². The van der Waals surface area contributed by atoms with Gasteiger partial charge < -0.3 is 10.3 Å². The Hall–Kier alpha value is -2.36. The standard InChI is InChI=1S/C18H22N2O2/c1-10(2)14-6-8-15(9-7-14)20-18(22)16-11(3)17(13(5)21)19-12(16)4/h6-10,19H,1-5H3,(H,20,22). The predicted molar refractivity (Wildman–Crippen MR) is 88.8 cm³/mol. The van der Waals surface area contributed by atoms with Crippen molar-refractivity contribution in [3.8, 4) is 0 Å². The first kappa shape index (κ1) is 16.0. The number of amides is 1. The largest absolute Gasteiger partial charge is 0.355 e. The molecule has 1 aromatic heterocycles. The maximum absolute atomic E-state index is 12.5. The molecule has 0 bridgehead atoms. The average Bonchev–Trinajstić information content (AvgIpc) is 2.74. The number of benzene rings is 1. The van der Waals surface area contributed by atoms with Crippen molar-refractivity contribution in [1.82, 2.24) is 4.98 Å². The van der Waals surface area contributed by atoms with Crippen LogP contribution in [0.15, 0.2) is 24.3 Å². The number of ketones is 1. The van der Waals surface area contributed by atoms with E-state index in [4.69, 9.17) is 0 Å². The van der Waals surface area contributed by atoms with Crippen molar-refractivity contribution < 1.29 is 9.59 Å². The van der Waals surface area contributed by atoms with Crippen LogP contribution in [-0.4, -0.2) is 16.7 Å². The van der Waals surface area contributed by atoms with Gasteiger partial charge in [0.2, 0.25) is 0 Å². The number of carbonyl (C=O) groups is 2. The lowest BCUT2D eigenvalue weighted by atomic mass is 10.0. The highest BCUT2D eigenvalue weighted by Gasteiger charge is 2.20. The number of aromatic amines is 1. The van der Waals surface area contributed by atoms with E-state index in [0.29, 0.717) is 28.4 Å². The molecular weight excluding hydrogens is 276 g/mol. The van der Waals surface area contributed by atoms with Crippen LogP contribution in [0.5, 0.6) is 0 Å². The molecule has 0 unspecified atom stereocenters. The third-order valence-electron chi connectivity index (χ3n) is 3.85. The van der Waals surface area contributed by atoms with Crippen LogP contribution in [0.3, 0.4) is 0 Å². The highest BCUT2D eigenvalue weighted by molar-refractivity contribution is 6.08. The van der Waals surface area contributed by atoms with Crippen LogP contribution >= 0.6 is 0 Å². The average molecular weight is 298 g/mol. The Kier molecular flexibility index (Phi) is 4.50. The van der Waals surface area contributed by atoms with Crippen molar-refractivity contribution in [3.05, 3.63) is 52.3 Å². The second-order valence-electron chi connectivity index (χ2n) is 5.91. The quantitative estimate of drug-likeness (QED) is 0.831. The lowest BCUT2D eigenvalue weighted by Crippen LogP contribution is -2.13. The molecule has 0 fully saturated rings. The summed E-state index contributed by atoms with van der Waals surface area (Å²) in [4.78, 5) is 27.0. The first-order valence-corrected chi connectivity index (χ1v) is 7.42. The van der Waals surface area contributed by atoms with Gasteiger partial charge >= 0.3 is 0 Å². The van der Waals surface area contributed by atoms with Crippen LogP contribution in [0.1, 0.15) is 64.4 Å². The van der Waals surface area contributed by atoms with Gasteiger partial charge in [0.25, 0.3) is 5.91 Å². The molecule has 2 aromatic rings. The zero-order valence-corrected chi connectivity index (χ0v) is 13.7. The van der Waals surface area contributed by atoms with E-state index < -0.39 is 0 Å². The SMILES string of the molecule is CC(=O)c1[nH]c(C)c(C(=O)Nc2ccc(C(C)C)cc2)c1C. The fraction of sp³-hybridized carbons (Fsp3) is 0.333. The maximum atomic E-state index is 12.5. The van der Waals surface area contributed by atoms with Crippen LogP contribution in [0.25, 0.3) is 0 Å². The summed E-state index contributed by atoms with van der Waals surface area (Å²) < 4.78 is 0. The third kappa shape index (κ3) is 3.11. The minimum atomic E-state index is -0.198. The summed E-state index contributed by atoms with van der Waals surface area (Å²) in [5.74, 6) is 0.189. The van der Waals surface area contributed by atoms with Crippen LogP contribution in [0.4, 0.5) is 5.69 Å². The van der Waals surface area contributed by atoms with Gasteiger partial charge in [0, 0.05) is 18.3 Å². The molecule has 116 valence electrons. The van der Waals surface area contributed by atoms with Crippen LogP contribution in [0, 0.1) is 13.8 Å². The van der Waals surface area contributed by atoms with Gasteiger partial charge in [0.15, 0.2) is 5.78 Å². The number of rotatable bonds is 4. The lowest BCUT2D eigenvalue weighted by molar-refractivity contribution is 0.101. The molecular formula is C18H22N2O2. The lowest BCUT2D eigenvalue weighted by Gasteiger charge is -2.09. The maximum Gasteiger partial charge on any atom is 0.257 e. The van der Waals surface area contributed by atoms with Crippen molar-refractivity contribution >= 4 is 17.4 Å². The fourth-order valence-corrected chi connectivity index (χ4v) is 2.59. The van der Waals surface area contributed by atoms with Gasteiger partial charge in [0.1, 0.15) is 0 Å². The van der Waals surface area contributed by atoms with E-state index >= 15 is 0 Å². The van der Waals surface area contributed by atoms with Crippen molar-refractivity contribution in [2.75, 3.05) is 5.32 Å². The number of hydrogen-bond acceptors (Lipinski definition) is 2. The van der Waals surface area contributed by atoms with Crippen LogP contribution in [-0.2, 0) is 0 Å². The Labute approximate surface area is 130 Å². The van der Waals surface area contributed by atoms with Crippen molar-refractivity contribution in [2.45, 2.75) is 40.5 Å². The number of carbonyl (C=O) groups excluding carboxylic acids is 2. The molecule has 4 nitrogen and oxygen atoms in total. The van der Waals surface area contributed by atoms with Gasteiger partial charge in [-0.05, 0) is 43.0 Å². The Bertz CT molecular complexity index is 709. The van der Waals surface area contributed by atoms with Crippen molar-refractivity contribution in [2.24, 2.45) is 0 Å². The van der Waals surface area contributed by atoms with Gasteiger partial charge in [-0.2, -0.15) is 0 Å². The van der Waals surface area contributed by atoms with Crippen molar-refractivity contribution in [3.63, 3.8) is 0 Å². The number of H-pyrrole nitrogens is 1. The number of nitrogens with one attached hydrogen (secondary N) is 2. The van der Waals surface area contributed by atoms with Gasteiger partial charge in [-0.15, -0.1) is 0 Å². The fourth-order valence-electron chi connectivity index (χ4n) is 2.59. The molecule has 2 N–H and O–H groups in total. The van der Waals surface area contributed by atoms with E-state index in [2.05, 4.69) is 24.1 Å². The molecule has 0 saturated heterocycles. The van der Waals surface area contributed by atoms with Gasteiger partial charge in [-0.3, -0.25) is 9.59 Å². The zero-order chi connectivity index (χ0) is 16.4. The highest BCUT2D eigenvalue weighted by Crippen LogP contribution is 2.21. The zero-order valence-electron chi connectivity index (χ0n) is 13.7. The summed E-state index contributed by atoms with van der Waals surface area (Å²) in [6, 6.07) is 7.82. The number of hydrogen-bond donors (Lipinski definition) is 2. The van der Waals surface area contributed by atoms with Crippen LogP contribution in [0.2, 0.25) is 0 Å². The topological polar surface area (TPSA) is 62.0 Å². The summed E-state index contributed by atoms with van der Waals surface area (Å²) in [5.41, 5.74) is 4.42. The normalized spacial score (nSPS) is 10.8. The molecule has 1 amide bonds. The second kappa shape index (κ2) is 6.18. The molecule has 0 aliphatic carbocycles. The Morgan fingerprint density at radius 2 is 1.68 bits per heavy atom. The molecule has 1 aromatic carbocycles. The van der Waals surface area contributed by atoms with E-state index in [-0.39, 0.29) is 11.7 Å². The summed E-state index contributed by atoms with van der Waals surface area (Å²) in [5, 5.41) is 2.89. The van der Waals surface area contributed by atoms with E-state index in [1.165, 1.54) is 12.5 Å². The first-order valence-electron chi connectivity index (χ1n) is 7.42. The van der Waals surface area contributed by atoms with E-state index in [1.807, 2.05) is 24.3 Å². The molecule has 0 spiro atoms. The first-order chi connectivity index (χ1) is 10.3. The number of aryl methyl sites for hydroxylation is 1. The second-order valence-corrected chi connectivity index (χ2v) is 5.91. The van der Waals surface area contributed by atoms with E-state index in [0.717, 1.165) is 5.69 Å². The van der Waals surface area contributed by atoms with Gasteiger partial charge in [0.05, 0.1) is 11.3 Å². The predicted octanol–water partition coefficient (Wildman–Crippen LogP) is 4.21. The summed E-state index contributed by atoms with van der Waals surface area (Å²) in [6.07, 6.45) is 0. The minimum absolute atomic E-state index is 0.0686. The molecule has 22 heavy (non-hydrogen) atoms. The molecule has 0 aliphatic heterocycles. The summed E-state index contributed by atoms with van der Waals surface area (Å²) in [6.45, 7) is 9.34. The molecule has 0 aliphatic rings. The summed E-state index contributed by atoms with van der Waals surface area (Å²) >= 11 is 0. The minimum Gasteiger partial charge on any atom is -0.355 e. The molecule has 0 radical (unpaired) electrons. The number of aromatic nitrogens is 1. The number of Topliss-reactive ketones (excluding diaryl/α,β-unsaturated/α-hetero) is 1. The monoisotopic (exact) mass is 298 g/mol.